The molecular formula is C17H21FN2O4. The minimum Gasteiger partial charge on any atom is -0.481 e. The zero-order valence-corrected chi connectivity index (χ0v) is 13.3. The van der Waals surface area contributed by atoms with Crippen LogP contribution in [-0.4, -0.2) is 47.4 Å². The second-order valence-electron chi connectivity index (χ2n) is 5.97. The normalized spacial score (nSPS) is 17.4. The first kappa shape index (κ1) is 17.9. The Bertz CT molecular complexity index is 620. The van der Waals surface area contributed by atoms with Gasteiger partial charge in [0, 0.05) is 25.1 Å². The molecule has 2 N–H and O–H groups in total. The third-order valence-corrected chi connectivity index (χ3v) is 4.13. The van der Waals surface area contributed by atoms with Crippen molar-refractivity contribution < 1.29 is 23.9 Å². The molecule has 6 nitrogen and oxygen atoms in total. The number of nitrogens with zero attached hydrogens (tertiary/aromatic N) is 1. The van der Waals surface area contributed by atoms with Gasteiger partial charge in [-0.15, -0.1) is 0 Å². The molecule has 130 valence electrons. The molecule has 1 heterocycles. The van der Waals surface area contributed by atoms with Gasteiger partial charge in [0.05, 0.1) is 6.54 Å². The summed E-state index contributed by atoms with van der Waals surface area (Å²) >= 11 is 0. The Morgan fingerprint density at radius 1 is 1.33 bits per heavy atom. The summed E-state index contributed by atoms with van der Waals surface area (Å²) in [6, 6.07) is 5.27. The van der Waals surface area contributed by atoms with Crippen LogP contribution in [-0.2, 0) is 9.59 Å². The minimum atomic E-state index is -0.833. The summed E-state index contributed by atoms with van der Waals surface area (Å²) in [4.78, 5) is 36.4. The lowest BCUT2D eigenvalue weighted by Gasteiger charge is -2.32. The number of halogens is 1. The van der Waals surface area contributed by atoms with Gasteiger partial charge in [0.25, 0.3) is 5.91 Å². The molecule has 1 atom stereocenters. The van der Waals surface area contributed by atoms with Crippen molar-refractivity contribution in [3.8, 4) is 0 Å². The van der Waals surface area contributed by atoms with Gasteiger partial charge >= 0.3 is 5.97 Å². The number of carbonyl (C=O) groups is 3. The fourth-order valence-electron chi connectivity index (χ4n) is 2.85. The van der Waals surface area contributed by atoms with Gasteiger partial charge in [0.1, 0.15) is 5.82 Å². The highest BCUT2D eigenvalue weighted by atomic mass is 19.1. The molecule has 2 amide bonds. The Morgan fingerprint density at radius 2 is 2.12 bits per heavy atom. The second-order valence-corrected chi connectivity index (χ2v) is 5.97. The van der Waals surface area contributed by atoms with E-state index in [9.17, 15) is 18.8 Å². The summed E-state index contributed by atoms with van der Waals surface area (Å²) in [6.45, 7) is 0.973. The molecular weight excluding hydrogens is 315 g/mol. The number of nitrogens with one attached hydrogen (secondary N) is 1. The second kappa shape index (κ2) is 8.42. The number of carboxylic acids is 1. The average Bonchev–Trinajstić information content (AvgIpc) is 2.57. The van der Waals surface area contributed by atoms with Crippen molar-refractivity contribution in [1.29, 1.82) is 0 Å². The molecule has 1 fully saturated rings. The number of hydrogen-bond donors (Lipinski definition) is 2. The molecule has 2 rings (SSSR count). The zero-order valence-electron chi connectivity index (χ0n) is 13.3. The molecule has 0 radical (unpaired) electrons. The van der Waals surface area contributed by atoms with E-state index in [0.29, 0.717) is 19.5 Å². The van der Waals surface area contributed by atoms with Gasteiger partial charge < -0.3 is 15.3 Å². The Balaban J connectivity index is 1.81. The quantitative estimate of drug-likeness (QED) is 0.827. The fourth-order valence-corrected chi connectivity index (χ4v) is 2.85. The van der Waals surface area contributed by atoms with E-state index in [0.717, 1.165) is 18.9 Å². The lowest BCUT2D eigenvalue weighted by Crippen LogP contribution is -2.45. The third kappa shape index (κ3) is 5.33. The van der Waals surface area contributed by atoms with Gasteiger partial charge in [-0.25, -0.2) is 4.39 Å². The average molecular weight is 336 g/mol. The summed E-state index contributed by atoms with van der Waals surface area (Å²) in [5.41, 5.74) is 0.167. The van der Waals surface area contributed by atoms with E-state index in [2.05, 4.69) is 5.32 Å². The Labute approximate surface area is 139 Å². The van der Waals surface area contributed by atoms with E-state index in [1.807, 2.05) is 0 Å². The van der Waals surface area contributed by atoms with Crippen molar-refractivity contribution in [1.82, 2.24) is 10.2 Å². The largest absolute Gasteiger partial charge is 0.481 e. The van der Waals surface area contributed by atoms with Gasteiger partial charge in [-0.2, -0.15) is 0 Å². The van der Waals surface area contributed by atoms with Gasteiger partial charge in [0.2, 0.25) is 5.91 Å². The first-order valence-electron chi connectivity index (χ1n) is 7.99. The number of likely N-dealkylation sites (tertiary alicyclic amines) is 1. The van der Waals surface area contributed by atoms with Crippen LogP contribution in [0.25, 0.3) is 0 Å². The number of rotatable bonds is 6. The standard InChI is InChI=1S/C17H21FN2O4/c18-14-5-1-4-13(9-14)17(24)19-10-15(21)20-8-2-3-12(11-20)6-7-16(22)23/h1,4-5,9,12H,2-3,6-8,10-11H2,(H,19,24)(H,22,23). The zero-order chi connectivity index (χ0) is 17.5. The molecule has 1 aromatic carbocycles. The molecule has 0 saturated carbocycles. The number of benzene rings is 1. The van der Waals surface area contributed by atoms with Crippen LogP contribution in [0.1, 0.15) is 36.0 Å². The smallest absolute Gasteiger partial charge is 0.303 e. The molecule has 24 heavy (non-hydrogen) atoms. The number of carbonyl (C=O) groups excluding carboxylic acids is 2. The van der Waals surface area contributed by atoms with Crippen LogP contribution >= 0.6 is 0 Å². The highest BCUT2D eigenvalue weighted by Gasteiger charge is 2.24. The van der Waals surface area contributed by atoms with Gasteiger partial charge in [0.15, 0.2) is 0 Å². The van der Waals surface area contributed by atoms with E-state index >= 15 is 0 Å². The summed E-state index contributed by atoms with van der Waals surface area (Å²) in [6.07, 6.45) is 2.39. The van der Waals surface area contributed by atoms with Crippen molar-refractivity contribution in [3.63, 3.8) is 0 Å². The molecule has 1 aliphatic heterocycles. The van der Waals surface area contributed by atoms with Crippen LogP contribution in [0.2, 0.25) is 0 Å². The van der Waals surface area contributed by atoms with Gasteiger partial charge in [-0.1, -0.05) is 6.07 Å². The van der Waals surface area contributed by atoms with Crippen LogP contribution < -0.4 is 5.32 Å². The molecule has 0 spiro atoms. The number of aliphatic carboxylic acids is 1. The first-order valence-corrected chi connectivity index (χ1v) is 7.99. The maximum absolute atomic E-state index is 13.1. The Kier molecular flexibility index (Phi) is 6.28. The molecule has 1 aliphatic rings. The summed E-state index contributed by atoms with van der Waals surface area (Å²) < 4.78 is 13.1. The van der Waals surface area contributed by atoms with Gasteiger partial charge in [-0.05, 0) is 43.4 Å². The van der Waals surface area contributed by atoms with E-state index in [1.165, 1.54) is 18.2 Å². The summed E-state index contributed by atoms with van der Waals surface area (Å²) in [5.74, 6) is -1.87. The number of piperidine rings is 1. The van der Waals surface area contributed by atoms with Crippen LogP contribution in [0, 0.1) is 11.7 Å². The van der Waals surface area contributed by atoms with Crippen molar-refractivity contribution in [3.05, 3.63) is 35.6 Å². The predicted octanol–water partition coefficient (Wildman–Crippen LogP) is 1.66. The fraction of sp³-hybridized carbons (Fsp3) is 0.471. The molecule has 1 saturated heterocycles. The monoisotopic (exact) mass is 336 g/mol. The maximum Gasteiger partial charge on any atom is 0.303 e. The van der Waals surface area contributed by atoms with Crippen LogP contribution in [0.5, 0.6) is 0 Å². The maximum atomic E-state index is 13.1. The molecule has 0 aromatic heterocycles. The molecule has 1 aromatic rings. The molecule has 0 aliphatic carbocycles. The molecule has 1 unspecified atom stereocenters. The summed E-state index contributed by atoms with van der Waals surface area (Å²) in [5, 5.41) is 11.2. The van der Waals surface area contributed by atoms with E-state index in [-0.39, 0.29) is 30.4 Å². The van der Waals surface area contributed by atoms with Crippen LogP contribution in [0.4, 0.5) is 4.39 Å². The van der Waals surface area contributed by atoms with Gasteiger partial charge in [-0.3, -0.25) is 14.4 Å². The highest BCUT2D eigenvalue weighted by molar-refractivity contribution is 5.96. The summed E-state index contributed by atoms with van der Waals surface area (Å²) in [7, 11) is 0. The lowest BCUT2D eigenvalue weighted by atomic mass is 9.93. The van der Waals surface area contributed by atoms with E-state index < -0.39 is 17.7 Å². The van der Waals surface area contributed by atoms with Crippen LogP contribution in [0.15, 0.2) is 24.3 Å². The minimum absolute atomic E-state index is 0.100. The molecule has 0 bridgehead atoms. The molecule has 7 heteroatoms. The number of hydrogen-bond acceptors (Lipinski definition) is 3. The SMILES string of the molecule is O=C(O)CCC1CCCN(C(=O)CNC(=O)c2cccc(F)c2)C1. The van der Waals surface area contributed by atoms with Crippen molar-refractivity contribution >= 4 is 17.8 Å². The van der Waals surface area contributed by atoms with E-state index in [1.54, 1.807) is 4.90 Å². The first-order chi connectivity index (χ1) is 11.5. The number of carboxylic acid groups (broad SMARTS) is 1. The van der Waals surface area contributed by atoms with E-state index in [4.69, 9.17) is 5.11 Å². The Morgan fingerprint density at radius 3 is 2.83 bits per heavy atom. The Hall–Kier alpha value is -2.44. The van der Waals surface area contributed by atoms with Crippen molar-refractivity contribution in [2.75, 3.05) is 19.6 Å². The van der Waals surface area contributed by atoms with Crippen molar-refractivity contribution in [2.24, 2.45) is 5.92 Å². The van der Waals surface area contributed by atoms with Crippen LogP contribution in [0.3, 0.4) is 0 Å². The topological polar surface area (TPSA) is 86.7 Å². The third-order valence-electron chi connectivity index (χ3n) is 4.13. The lowest BCUT2D eigenvalue weighted by molar-refractivity contribution is -0.137. The van der Waals surface area contributed by atoms with Crippen molar-refractivity contribution in [2.45, 2.75) is 25.7 Å². The number of amides is 2. The predicted molar refractivity (Wildman–Crippen MR) is 84.9 cm³/mol. The highest BCUT2D eigenvalue weighted by Crippen LogP contribution is 2.21.